The number of aryl methyl sites for hydroxylation is 2. The number of nitriles is 1. The van der Waals surface area contributed by atoms with E-state index in [2.05, 4.69) is 68.8 Å². The molecule has 0 spiro atoms. The Labute approximate surface area is 235 Å². The number of allylic oxidation sites excluding steroid dienone is 4. The first-order valence-electron chi connectivity index (χ1n) is 12.8. The number of aromatic nitrogens is 2. The first kappa shape index (κ1) is 27.6. The van der Waals surface area contributed by atoms with Crippen LogP contribution in [0.25, 0.3) is 22.0 Å². The van der Waals surface area contributed by atoms with Crippen LogP contribution in [0, 0.1) is 31.1 Å². The minimum atomic E-state index is 0.206. The van der Waals surface area contributed by atoms with Crippen LogP contribution in [0.4, 0.5) is 11.4 Å². The molecule has 1 N–H and O–H groups in total. The van der Waals surface area contributed by atoms with Crippen molar-refractivity contribution in [3.63, 3.8) is 0 Å². The van der Waals surface area contributed by atoms with Crippen LogP contribution in [-0.2, 0) is 11.3 Å². The van der Waals surface area contributed by atoms with Crippen molar-refractivity contribution in [3.8, 4) is 17.2 Å². The van der Waals surface area contributed by atoms with E-state index in [1.165, 1.54) is 0 Å². The van der Waals surface area contributed by atoms with Gasteiger partial charge >= 0.3 is 0 Å². The van der Waals surface area contributed by atoms with Crippen LogP contribution in [0.15, 0.2) is 91.4 Å². The highest BCUT2D eigenvalue weighted by Gasteiger charge is 2.17. The second-order valence-electron chi connectivity index (χ2n) is 9.66. The molecule has 4 rings (SSSR count). The van der Waals surface area contributed by atoms with E-state index in [1.807, 2.05) is 42.5 Å². The number of ether oxygens (including phenoxy) is 1. The number of rotatable bonds is 9. The minimum Gasteiger partial charge on any atom is -0.488 e. The quantitative estimate of drug-likeness (QED) is 0.171. The fourth-order valence-corrected chi connectivity index (χ4v) is 4.36. The number of pyridine rings is 2. The summed E-state index contributed by atoms with van der Waals surface area (Å²) >= 11 is 7.05. The molecule has 0 bridgehead atoms. The molecule has 0 saturated heterocycles. The van der Waals surface area contributed by atoms with E-state index >= 15 is 0 Å². The van der Waals surface area contributed by atoms with Crippen LogP contribution in [0.3, 0.4) is 0 Å². The minimum absolute atomic E-state index is 0.206. The van der Waals surface area contributed by atoms with Crippen molar-refractivity contribution >= 4 is 33.9 Å². The zero-order valence-corrected chi connectivity index (χ0v) is 23.4. The van der Waals surface area contributed by atoms with Gasteiger partial charge in [0.15, 0.2) is 0 Å². The molecule has 2 aromatic carbocycles. The predicted octanol–water partition coefficient (Wildman–Crippen LogP) is 8.98. The van der Waals surface area contributed by atoms with Crippen molar-refractivity contribution in [1.29, 1.82) is 5.26 Å². The summed E-state index contributed by atoms with van der Waals surface area (Å²) in [4.78, 5) is 9.11. The Hall–Kier alpha value is -4.40. The highest BCUT2D eigenvalue weighted by Crippen LogP contribution is 2.38. The molecule has 5 nitrogen and oxygen atoms in total. The van der Waals surface area contributed by atoms with Crippen LogP contribution in [0.2, 0.25) is 5.02 Å². The first-order chi connectivity index (χ1) is 18.8. The van der Waals surface area contributed by atoms with Gasteiger partial charge in [0.05, 0.1) is 21.9 Å². The third-order valence-electron chi connectivity index (χ3n) is 6.13. The summed E-state index contributed by atoms with van der Waals surface area (Å²) < 4.78 is 6.15. The van der Waals surface area contributed by atoms with Gasteiger partial charge in [-0.3, -0.25) is 0 Å². The zero-order chi connectivity index (χ0) is 27.9. The number of halogens is 1. The maximum absolute atomic E-state index is 9.11. The van der Waals surface area contributed by atoms with Crippen LogP contribution < -0.4 is 5.32 Å². The van der Waals surface area contributed by atoms with Crippen molar-refractivity contribution in [2.75, 3.05) is 5.32 Å². The van der Waals surface area contributed by atoms with Crippen molar-refractivity contribution in [2.24, 2.45) is 5.92 Å². The summed E-state index contributed by atoms with van der Waals surface area (Å²) in [7, 11) is 0. The summed E-state index contributed by atoms with van der Waals surface area (Å²) in [6.45, 7) is 12.3. The molecule has 0 unspecified atom stereocenters. The number of anilines is 2. The molecule has 4 aromatic rings. The lowest BCUT2D eigenvalue weighted by Crippen LogP contribution is -2.03. The van der Waals surface area contributed by atoms with Gasteiger partial charge < -0.3 is 10.1 Å². The van der Waals surface area contributed by atoms with Crippen LogP contribution >= 0.6 is 11.6 Å². The molecule has 0 aliphatic carbocycles. The Balaban J connectivity index is 1.82. The largest absolute Gasteiger partial charge is 0.488 e. The molecule has 2 aromatic heterocycles. The fraction of sp³-hybridized carbons (Fsp3) is 0.182. The number of benzene rings is 2. The molecule has 0 fully saturated rings. The van der Waals surface area contributed by atoms with Gasteiger partial charge in [-0.15, -0.1) is 0 Å². The molecule has 196 valence electrons. The highest BCUT2D eigenvalue weighted by atomic mass is 35.5. The third kappa shape index (κ3) is 6.73. The zero-order valence-electron chi connectivity index (χ0n) is 22.6. The SMILES string of the molecule is C=C/C=C\C(=C/C(C)C)OCc1nc2ccc(-c3ccc(C#N)nc3)cc2c(Nc2cc(C)ccc2C)c1Cl. The highest BCUT2D eigenvalue weighted by molar-refractivity contribution is 6.35. The molecule has 6 heteroatoms. The summed E-state index contributed by atoms with van der Waals surface area (Å²) in [6.07, 6.45) is 9.19. The molecule has 2 heterocycles. The molecule has 0 aliphatic heterocycles. The summed E-state index contributed by atoms with van der Waals surface area (Å²) in [6, 6.07) is 18.0. The number of hydrogen-bond donors (Lipinski definition) is 1. The second kappa shape index (κ2) is 12.4. The van der Waals surface area contributed by atoms with Crippen molar-refractivity contribution in [3.05, 3.63) is 119 Å². The van der Waals surface area contributed by atoms with Crippen molar-refractivity contribution in [2.45, 2.75) is 34.3 Å². The summed E-state index contributed by atoms with van der Waals surface area (Å²) in [5.41, 5.74) is 7.60. The Morgan fingerprint density at radius 3 is 2.62 bits per heavy atom. The smallest absolute Gasteiger partial charge is 0.140 e. The molecule has 0 saturated carbocycles. The van der Waals surface area contributed by atoms with E-state index < -0.39 is 0 Å². The van der Waals surface area contributed by atoms with E-state index in [-0.39, 0.29) is 6.61 Å². The van der Waals surface area contributed by atoms with Gasteiger partial charge in [0, 0.05) is 22.8 Å². The third-order valence-corrected chi connectivity index (χ3v) is 6.54. The van der Waals surface area contributed by atoms with Gasteiger partial charge in [0.25, 0.3) is 0 Å². The molecule has 0 radical (unpaired) electrons. The maximum atomic E-state index is 9.11. The average Bonchev–Trinajstić information content (AvgIpc) is 2.93. The number of hydrogen-bond acceptors (Lipinski definition) is 5. The van der Waals surface area contributed by atoms with Gasteiger partial charge in [-0.2, -0.15) is 5.26 Å². The molecular formula is C33H31ClN4O. The van der Waals surface area contributed by atoms with Gasteiger partial charge in [-0.25, -0.2) is 9.97 Å². The molecule has 0 amide bonds. The Morgan fingerprint density at radius 1 is 1.13 bits per heavy atom. The van der Waals surface area contributed by atoms with Crippen LogP contribution in [0.5, 0.6) is 0 Å². The summed E-state index contributed by atoms with van der Waals surface area (Å²) in [5, 5.41) is 14.1. The van der Waals surface area contributed by atoms with Gasteiger partial charge in [0.1, 0.15) is 24.1 Å². The van der Waals surface area contributed by atoms with Gasteiger partial charge in [-0.1, -0.05) is 62.4 Å². The number of nitrogens with zero attached hydrogens (tertiary/aromatic N) is 3. The Morgan fingerprint density at radius 2 is 1.92 bits per heavy atom. The molecule has 39 heavy (non-hydrogen) atoms. The van der Waals surface area contributed by atoms with Crippen LogP contribution in [0.1, 0.15) is 36.4 Å². The van der Waals surface area contributed by atoms with E-state index in [4.69, 9.17) is 26.6 Å². The van der Waals surface area contributed by atoms with E-state index in [0.29, 0.717) is 22.3 Å². The molecular weight excluding hydrogens is 504 g/mol. The fourth-order valence-electron chi connectivity index (χ4n) is 4.12. The lowest BCUT2D eigenvalue weighted by Gasteiger charge is -2.18. The standard InChI is InChI=1S/C33H31ClN4O/c1-6-7-8-27(15-21(2)3)39-20-31-32(34)33(38-30-16-22(4)9-10-23(30)5)28-17-24(12-14-29(28)37-31)25-11-13-26(18-35)36-19-25/h6-17,19,21H,1,20H2,2-5H3,(H,37,38)/b8-7-,27-15+. The van der Waals surface area contributed by atoms with Crippen LogP contribution in [-0.4, -0.2) is 9.97 Å². The lowest BCUT2D eigenvalue weighted by molar-refractivity contribution is 0.205. The van der Waals surface area contributed by atoms with E-state index in [9.17, 15) is 0 Å². The topological polar surface area (TPSA) is 70.8 Å². The average molecular weight is 535 g/mol. The lowest BCUT2D eigenvalue weighted by atomic mass is 10.0. The molecule has 0 atom stereocenters. The predicted molar refractivity (Wildman–Crippen MR) is 161 cm³/mol. The monoisotopic (exact) mass is 534 g/mol. The van der Waals surface area contributed by atoms with Gasteiger partial charge in [0.2, 0.25) is 0 Å². The molecule has 0 aliphatic rings. The van der Waals surface area contributed by atoms with Crippen molar-refractivity contribution in [1.82, 2.24) is 9.97 Å². The number of nitrogens with one attached hydrogen (secondary N) is 1. The normalized spacial score (nSPS) is 11.7. The maximum Gasteiger partial charge on any atom is 0.140 e. The van der Waals surface area contributed by atoms with Gasteiger partial charge in [-0.05, 0) is 78.9 Å². The van der Waals surface area contributed by atoms with Crippen molar-refractivity contribution < 1.29 is 4.74 Å². The van der Waals surface area contributed by atoms with E-state index in [0.717, 1.165) is 50.3 Å². The number of fused-ring (bicyclic) bond motifs is 1. The Kier molecular flexibility index (Phi) is 8.81. The van der Waals surface area contributed by atoms with E-state index in [1.54, 1.807) is 18.3 Å². The summed E-state index contributed by atoms with van der Waals surface area (Å²) in [5.74, 6) is 1.04. The Bertz CT molecular complexity index is 1610. The first-order valence-corrected chi connectivity index (χ1v) is 13.1. The second-order valence-corrected chi connectivity index (χ2v) is 10.0.